The minimum absolute atomic E-state index is 0.107. The molecular formula is C57H63Cl2N9O-2. The number of allylic oxidation sites excluding steroid dienone is 8. The Kier molecular flexibility index (Phi) is 14.6. The number of hydrogen-bond donors (Lipinski definition) is 2. The molecule has 4 aliphatic heterocycles. The van der Waals surface area contributed by atoms with Crippen molar-refractivity contribution in [3.8, 4) is 0 Å². The molecule has 1 saturated carbocycles. The Labute approximate surface area is 417 Å². The van der Waals surface area contributed by atoms with E-state index in [1.807, 2.05) is 67.2 Å². The lowest BCUT2D eigenvalue weighted by molar-refractivity contribution is 0.172. The number of nitrogens with one attached hydrogen (secondary N) is 2. The van der Waals surface area contributed by atoms with Crippen molar-refractivity contribution in [2.24, 2.45) is 11.8 Å². The van der Waals surface area contributed by atoms with E-state index < -0.39 is 0 Å². The Morgan fingerprint density at radius 3 is 1.70 bits per heavy atom. The fourth-order valence-corrected chi connectivity index (χ4v) is 11.7. The van der Waals surface area contributed by atoms with Crippen LogP contribution in [0.25, 0.3) is 33.9 Å². The summed E-state index contributed by atoms with van der Waals surface area (Å²) < 4.78 is 4.40. The van der Waals surface area contributed by atoms with Gasteiger partial charge in [-0.2, -0.15) is 12.4 Å². The lowest BCUT2D eigenvalue weighted by Crippen LogP contribution is -2.48. The van der Waals surface area contributed by atoms with Crippen LogP contribution >= 0.6 is 23.2 Å². The first-order chi connectivity index (χ1) is 33.8. The normalized spacial score (nSPS) is 19.5. The summed E-state index contributed by atoms with van der Waals surface area (Å²) in [5, 5.41) is 18.2. The van der Waals surface area contributed by atoms with Gasteiger partial charge >= 0.3 is 6.03 Å². The number of aromatic nitrogens is 4. The van der Waals surface area contributed by atoms with Crippen molar-refractivity contribution >= 4 is 52.5 Å². The minimum Gasteiger partial charge on any atom is -0.663 e. The first kappa shape index (κ1) is 46.9. The molecule has 2 aromatic heterocycles. The van der Waals surface area contributed by atoms with Crippen molar-refractivity contribution in [1.82, 2.24) is 34.6 Å². The number of amides is 2. The van der Waals surface area contributed by atoms with E-state index in [9.17, 15) is 4.79 Å². The molecular weight excluding hydrogens is 898 g/mol. The van der Waals surface area contributed by atoms with Gasteiger partial charge in [0, 0.05) is 67.1 Å². The molecule has 3 aliphatic carbocycles. The Balaban J connectivity index is 0.000000166. The number of fused-ring (bicyclic) bond motifs is 4. The van der Waals surface area contributed by atoms with Crippen molar-refractivity contribution in [3.05, 3.63) is 186 Å². The number of halogens is 2. The van der Waals surface area contributed by atoms with Crippen LogP contribution in [0, 0.1) is 25.7 Å². The lowest BCUT2D eigenvalue weighted by atomic mass is 9.81. The number of benzene rings is 2. The molecule has 7 aliphatic rings. The first-order valence-corrected chi connectivity index (χ1v) is 25.9. The maximum atomic E-state index is 13.0. The van der Waals surface area contributed by atoms with Gasteiger partial charge in [0.1, 0.15) is 11.6 Å². The van der Waals surface area contributed by atoms with Gasteiger partial charge in [-0.15, -0.1) is 11.4 Å². The maximum absolute atomic E-state index is 13.0. The number of hydrogen-bond acceptors (Lipinski definition) is 4. The molecule has 2 saturated heterocycles. The highest BCUT2D eigenvalue weighted by molar-refractivity contribution is 6.31. The zero-order chi connectivity index (χ0) is 47.3. The third kappa shape index (κ3) is 10.5. The number of nitrogens with zero attached hydrogens (tertiary/aromatic N) is 7. The third-order valence-corrected chi connectivity index (χ3v) is 15.5. The SMILES string of the molecule is Cc1nccn1CCC1=Cc2cc(Cl)ccc2C(C2CCN(C(=O)NC3CCCCC3)CC2)=C2[N-]C=CC=C12.Cc1nccn1CCC1=Cc2cc(Cl)ccc2C(C2CCNCC2)=C2[N-]C=CC=C12. The average molecular weight is 961 g/mol. The van der Waals surface area contributed by atoms with Crippen LogP contribution in [0.3, 0.4) is 0 Å². The molecule has 0 atom stereocenters. The number of carbonyl (C=O) groups excluding carboxylic acids is 1. The zero-order valence-electron chi connectivity index (χ0n) is 39.9. The van der Waals surface area contributed by atoms with Gasteiger partial charge in [-0.3, -0.25) is 0 Å². The molecule has 2 N–H and O–H groups in total. The van der Waals surface area contributed by atoms with E-state index in [0.717, 1.165) is 129 Å². The summed E-state index contributed by atoms with van der Waals surface area (Å²) in [5.41, 5.74) is 14.7. The van der Waals surface area contributed by atoms with E-state index in [1.54, 1.807) is 0 Å². The molecule has 11 rings (SSSR count). The largest absolute Gasteiger partial charge is 0.663 e. The van der Waals surface area contributed by atoms with Gasteiger partial charge in [-0.1, -0.05) is 102 Å². The Hall–Kier alpha value is -5.81. The Morgan fingerprint density at radius 1 is 0.696 bits per heavy atom. The minimum atomic E-state index is 0.107. The molecule has 10 nitrogen and oxygen atoms in total. The van der Waals surface area contributed by atoms with Gasteiger partial charge in [0.25, 0.3) is 0 Å². The molecule has 2 amide bonds. The number of aryl methyl sites for hydroxylation is 4. The second kappa shape index (κ2) is 21.5. The average Bonchev–Trinajstić information content (AvgIpc) is 3.92. The summed E-state index contributed by atoms with van der Waals surface area (Å²) in [5.74, 6) is 2.89. The van der Waals surface area contributed by atoms with E-state index in [1.165, 1.54) is 69.4 Å². The van der Waals surface area contributed by atoms with Crippen molar-refractivity contribution in [1.29, 1.82) is 0 Å². The number of rotatable bonds is 9. The summed E-state index contributed by atoms with van der Waals surface area (Å²) >= 11 is 12.9. The number of piperidine rings is 2. The number of urea groups is 1. The Morgan fingerprint density at radius 2 is 1.20 bits per heavy atom. The first-order valence-electron chi connectivity index (χ1n) is 25.1. The monoisotopic (exact) mass is 959 g/mol. The highest BCUT2D eigenvalue weighted by atomic mass is 35.5. The standard InChI is InChI=1S/C32H37ClN5O.C25H26ClN4/c1-22-34-15-19-37(22)16-13-24-20-25-21-26(33)9-10-28(25)30(31-29(24)8-5-14-35-31)23-11-17-38(18-12-23)32(39)36-27-6-3-2-4-7-27;1-17-28-12-14-30(17)13-8-19-15-20-16-21(26)4-5-22(20)24(18-6-10-27-11-7-18)25-23(19)3-2-9-29-25/h5,8-10,14-15,19-21,23,27H,2-4,6-7,11-13,16-18H2,1H3,(H,36,39);2-5,9,12,14-16,18,27H,6-8,10-11,13H2,1H3/q2*-1. The van der Waals surface area contributed by atoms with Crippen molar-refractivity contribution in [2.45, 2.75) is 104 Å². The van der Waals surface area contributed by atoms with Crippen LogP contribution in [0.1, 0.15) is 105 Å². The van der Waals surface area contributed by atoms with Crippen LogP contribution in [0.4, 0.5) is 4.79 Å². The topological polar surface area (TPSA) is 108 Å². The van der Waals surface area contributed by atoms with E-state index >= 15 is 0 Å². The molecule has 69 heavy (non-hydrogen) atoms. The van der Waals surface area contributed by atoms with E-state index in [4.69, 9.17) is 33.8 Å². The molecule has 4 aromatic rings. The summed E-state index contributed by atoms with van der Waals surface area (Å²) in [4.78, 5) is 23.8. The van der Waals surface area contributed by atoms with Gasteiger partial charge in [-0.05, 0) is 159 Å². The predicted molar refractivity (Wildman–Crippen MR) is 282 cm³/mol. The summed E-state index contributed by atoms with van der Waals surface area (Å²) in [6.45, 7) is 9.47. The molecule has 0 unspecified atom stereocenters. The second-order valence-corrected chi connectivity index (χ2v) is 20.2. The smallest absolute Gasteiger partial charge is 0.317 e. The summed E-state index contributed by atoms with van der Waals surface area (Å²) in [6.07, 6.45) is 36.6. The van der Waals surface area contributed by atoms with Crippen LogP contribution < -0.4 is 10.6 Å². The molecule has 12 heteroatoms. The van der Waals surface area contributed by atoms with Crippen LogP contribution in [-0.4, -0.2) is 62.3 Å². The molecule has 3 fully saturated rings. The maximum Gasteiger partial charge on any atom is 0.317 e. The van der Waals surface area contributed by atoms with E-state index in [2.05, 4.69) is 91.3 Å². The molecule has 0 radical (unpaired) electrons. The summed E-state index contributed by atoms with van der Waals surface area (Å²) in [6, 6.07) is 13.0. The van der Waals surface area contributed by atoms with Gasteiger partial charge in [-0.25, -0.2) is 14.8 Å². The Bertz CT molecular complexity index is 2810. The van der Waals surface area contributed by atoms with Crippen LogP contribution in [0.2, 0.25) is 10.0 Å². The highest BCUT2D eigenvalue weighted by Crippen LogP contribution is 2.48. The quantitative estimate of drug-likeness (QED) is 0.174. The molecule has 358 valence electrons. The van der Waals surface area contributed by atoms with E-state index in [0.29, 0.717) is 17.9 Å². The van der Waals surface area contributed by atoms with Crippen LogP contribution in [0.15, 0.2) is 132 Å². The van der Waals surface area contributed by atoms with Crippen molar-refractivity contribution in [3.63, 3.8) is 0 Å². The number of imidazole rings is 2. The van der Waals surface area contributed by atoms with Gasteiger partial charge in [0.15, 0.2) is 0 Å². The van der Waals surface area contributed by atoms with Crippen LogP contribution in [-0.2, 0) is 13.1 Å². The van der Waals surface area contributed by atoms with Gasteiger partial charge < -0.3 is 35.3 Å². The number of carbonyl (C=O) groups is 1. The molecule has 0 bridgehead atoms. The summed E-state index contributed by atoms with van der Waals surface area (Å²) in [7, 11) is 0. The molecule has 0 spiro atoms. The number of likely N-dealkylation sites (tertiary alicyclic amines) is 1. The second-order valence-electron chi connectivity index (χ2n) is 19.3. The van der Waals surface area contributed by atoms with Gasteiger partial charge in [0.05, 0.1) is 0 Å². The zero-order valence-corrected chi connectivity index (χ0v) is 41.5. The van der Waals surface area contributed by atoms with Crippen molar-refractivity contribution < 1.29 is 4.79 Å². The molecule has 2 aromatic carbocycles. The van der Waals surface area contributed by atoms with E-state index in [-0.39, 0.29) is 6.03 Å². The lowest BCUT2D eigenvalue weighted by Gasteiger charge is -2.39. The van der Waals surface area contributed by atoms with Crippen molar-refractivity contribution in [2.75, 3.05) is 26.2 Å². The highest BCUT2D eigenvalue weighted by Gasteiger charge is 2.31. The van der Waals surface area contributed by atoms with Crippen LogP contribution in [0.5, 0.6) is 0 Å². The van der Waals surface area contributed by atoms with Gasteiger partial charge in [0.2, 0.25) is 0 Å². The fourth-order valence-electron chi connectivity index (χ4n) is 11.3. The third-order valence-electron chi connectivity index (χ3n) is 15.0. The predicted octanol–water partition coefficient (Wildman–Crippen LogP) is 13.5. The molecule has 6 heterocycles. The fraction of sp³-hybridized carbons (Fsp3) is 0.386.